The smallest absolute Gasteiger partial charge is 0.0704 e. The molecule has 0 N–H and O–H groups in total. The molecule has 1 nitrogen and oxygen atoms in total. The Kier molecular flexibility index (Phi) is 4.29. The summed E-state index contributed by atoms with van der Waals surface area (Å²) >= 11 is 0. The number of hydrogen-bond donors (Lipinski definition) is 0. The van der Waals surface area contributed by atoms with Crippen molar-refractivity contribution in [1.29, 1.82) is 0 Å². The van der Waals surface area contributed by atoms with Crippen LogP contribution < -0.4 is 0 Å². The molecule has 0 amide bonds. The number of benzene rings is 2. The fourth-order valence-corrected chi connectivity index (χ4v) is 2.71. The second kappa shape index (κ2) is 6.37. The standard InChI is InChI=1S/C22H23N/c1-22(2,3)20-11-9-19(10-12-20)21-16-18(13-14-23-21)15-17-7-5-4-6-8-17/h4-14,16H,15H2,1-3H3. The molecular weight excluding hydrogens is 278 g/mol. The van der Waals surface area contributed by atoms with Gasteiger partial charge in [0.2, 0.25) is 0 Å². The molecule has 0 aliphatic rings. The fraction of sp³-hybridized carbons (Fsp3) is 0.227. The van der Waals surface area contributed by atoms with E-state index in [0.29, 0.717) is 0 Å². The first-order valence-electron chi connectivity index (χ1n) is 8.12. The minimum Gasteiger partial charge on any atom is -0.256 e. The molecule has 1 aromatic heterocycles. The van der Waals surface area contributed by atoms with Crippen molar-refractivity contribution >= 4 is 0 Å². The Morgan fingerprint density at radius 3 is 2.13 bits per heavy atom. The van der Waals surface area contributed by atoms with Crippen molar-refractivity contribution in [2.45, 2.75) is 32.6 Å². The van der Waals surface area contributed by atoms with Crippen molar-refractivity contribution in [1.82, 2.24) is 4.98 Å². The molecule has 2 aromatic carbocycles. The first kappa shape index (κ1) is 15.5. The van der Waals surface area contributed by atoms with Crippen LogP contribution in [0, 0.1) is 0 Å². The zero-order valence-electron chi connectivity index (χ0n) is 14.1. The summed E-state index contributed by atoms with van der Waals surface area (Å²) in [6.07, 6.45) is 2.85. The van der Waals surface area contributed by atoms with E-state index in [1.165, 1.54) is 22.3 Å². The Morgan fingerprint density at radius 2 is 1.48 bits per heavy atom. The summed E-state index contributed by atoms with van der Waals surface area (Å²) in [6.45, 7) is 6.71. The monoisotopic (exact) mass is 301 g/mol. The zero-order valence-corrected chi connectivity index (χ0v) is 14.1. The van der Waals surface area contributed by atoms with Crippen LogP contribution in [0.5, 0.6) is 0 Å². The van der Waals surface area contributed by atoms with Gasteiger partial charge in [0.05, 0.1) is 5.69 Å². The molecule has 116 valence electrons. The van der Waals surface area contributed by atoms with Gasteiger partial charge in [-0.15, -0.1) is 0 Å². The third-order valence-corrected chi connectivity index (χ3v) is 4.12. The lowest BCUT2D eigenvalue weighted by molar-refractivity contribution is 0.590. The van der Waals surface area contributed by atoms with Crippen molar-refractivity contribution in [3.05, 3.63) is 89.6 Å². The molecule has 0 aliphatic carbocycles. The Balaban J connectivity index is 1.85. The van der Waals surface area contributed by atoms with Crippen molar-refractivity contribution in [2.75, 3.05) is 0 Å². The van der Waals surface area contributed by atoms with Gasteiger partial charge < -0.3 is 0 Å². The van der Waals surface area contributed by atoms with E-state index in [-0.39, 0.29) is 5.41 Å². The van der Waals surface area contributed by atoms with Crippen LogP contribution in [0.3, 0.4) is 0 Å². The van der Waals surface area contributed by atoms with Crippen molar-refractivity contribution < 1.29 is 0 Å². The predicted octanol–water partition coefficient (Wildman–Crippen LogP) is 5.64. The highest BCUT2D eigenvalue weighted by atomic mass is 14.7. The normalized spacial score (nSPS) is 11.4. The SMILES string of the molecule is CC(C)(C)c1ccc(-c2cc(Cc3ccccc3)ccn2)cc1. The number of nitrogens with zero attached hydrogens (tertiary/aromatic N) is 1. The second-order valence-electron chi connectivity index (χ2n) is 7.04. The highest BCUT2D eigenvalue weighted by molar-refractivity contribution is 5.60. The van der Waals surface area contributed by atoms with E-state index < -0.39 is 0 Å². The van der Waals surface area contributed by atoms with Crippen molar-refractivity contribution in [3.8, 4) is 11.3 Å². The number of hydrogen-bond acceptors (Lipinski definition) is 1. The van der Waals surface area contributed by atoms with E-state index in [1.54, 1.807) is 0 Å². The van der Waals surface area contributed by atoms with E-state index in [1.807, 2.05) is 6.20 Å². The summed E-state index contributed by atoms with van der Waals surface area (Å²) in [6, 6.07) is 23.6. The number of pyridine rings is 1. The number of aromatic nitrogens is 1. The summed E-state index contributed by atoms with van der Waals surface area (Å²) in [5, 5.41) is 0. The van der Waals surface area contributed by atoms with Gasteiger partial charge in [0.1, 0.15) is 0 Å². The highest BCUT2D eigenvalue weighted by Crippen LogP contribution is 2.25. The maximum atomic E-state index is 4.54. The van der Waals surface area contributed by atoms with E-state index in [4.69, 9.17) is 0 Å². The molecule has 0 unspecified atom stereocenters. The van der Waals surface area contributed by atoms with Gasteiger partial charge in [-0.1, -0.05) is 75.4 Å². The molecule has 1 heteroatoms. The van der Waals surface area contributed by atoms with Crippen LogP contribution >= 0.6 is 0 Å². The second-order valence-corrected chi connectivity index (χ2v) is 7.04. The van der Waals surface area contributed by atoms with E-state index >= 15 is 0 Å². The molecule has 3 rings (SSSR count). The minimum absolute atomic E-state index is 0.182. The Labute approximate surface area is 139 Å². The van der Waals surface area contributed by atoms with Crippen LogP contribution in [0.4, 0.5) is 0 Å². The molecule has 0 saturated carbocycles. The van der Waals surface area contributed by atoms with Crippen LogP contribution in [0.2, 0.25) is 0 Å². The van der Waals surface area contributed by atoms with Gasteiger partial charge in [-0.25, -0.2) is 0 Å². The van der Waals surface area contributed by atoms with Gasteiger partial charge in [0.25, 0.3) is 0 Å². The average Bonchev–Trinajstić information content (AvgIpc) is 2.55. The molecule has 0 saturated heterocycles. The summed E-state index contributed by atoms with van der Waals surface area (Å²) in [7, 11) is 0. The fourth-order valence-electron chi connectivity index (χ4n) is 2.71. The third kappa shape index (κ3) is 3.87. The van der Waals surface area contributed by atoms with Gasteiger partial charge in [-0.3, -0.25) is 4.98 Å². The van der Waals surface area contributed by atoms with Gasteiger partial charge in [-0.05, 0) is 40.7 Å². The lowest BCUT2D eigenvalue weighted by Gasteiger charge is -2.19. The maximum Gasteiger partial charge on any atom is 0.0704 e. The minimum atomic E-state index is 0.182. The summed E-state index contributed by atoms with van der Waals surface area (Å²) in [4.78, 5) is 4.54. The van der Waals surface area contributed by atoms with E-state index in [2.05, 4.69) is 92.5 Å². The molecule has 1 heterocycles. The average molecular weight is 301 g/mol. The summed E-state index contributed by atoms with van der Waals surface area (Å²) in [5.41, 5.74) is 6.36. The van der Waals surface area contributed by atoms with Crippen LogP contribution in [-0.4, -0.2) is 4.98 Å². The molecule has 0 radical (unpaired) electrons. The van der Waals surface area contributed by atoms with Gasteiger partial charge in [-0.2, -0.15) is 0 Å². The Hall–Kier alpha value is -2.41. The predicted molar refractivity (Wildman–Crippen MR) is 97.6 cm³/mol. The maximum absolute atomic E-state index is 4.54. The van der Waals surface area contributed by atoms with Gasteiger partial charge >= 0.3 is 0 Å². The first-order valence-corrected chi connectivity index (χ1v) is 8.12. The number of rotatable bonds is 3. The van der Waals surface area contributed by atoms with Crippen LogP contribution in [-0.2, 0) is 11.8 Å². The molecule has 0 aliphatic heterocycles. The van der Waals surface area contributed by atoms with Crippen molar-refractivity contribution in [3.63, 3.8) is 0 Å². The summed E-state index contributed by atoms with van der Waals surface area (Å²) in [5.74, 6) is 0. The molecule has 0 spiro atoms. The Morgan fingerprint density at radius 1 is 0.783 bits per heavy atom. The molecule has 0 bridgehead atoms. The van der Waals surface area contributed by atoms with Gasteiger partial charge in [0, 0.05) is 11.8 Å². The Bertz CT molecular complexity index is 765. The van der Waals surface area contributed by atoms with Crippen molar-refractivity contribution in [2.24, 2.45) is 0 Å². The van der Waals surface area contributed by atoms with Gasteiger partial charge in [0.15, 0.2) is 0 Å². The quantitative estimate of drug-likeness (QED) is 0.610. The van der Waals surface area contributed by atoms with Crippen LogP contribution in [0.15, 0.2) is 72.9 Å². The van der Waals surface area contributed by atoms with E-state index in [9.17, 15) is 0 Å². The topological polar surface area (TPSA) is 12.9 Å². The lowest BCUT2D eigenvalue weighted by atomic mass is 9.86. The third-order valence-electron chi connectivity index (χ3n) is 4.12. The molecule has 0 atom stereocenters. The molecule has 0 fully saturated rings. The molecule has 23 heavy (non-hydrogen) atoms. The zero-order chi connectivity index (χ0) is 16.3. The lowest BCUT2D eigenvalue weighted by Crippen LogP contribution is -2.10. The molecular formula is C22H23N. The summed E-state index contributed by atoms with van der Waals surface area (Å²) < 4.78 is 0. The molecule has 3 aromatic rings. The largest absolute Gasteiger partial charge is 0.256 e. The van der Waals surface area contributed by atoms with Crippen LogP contribution in [0.25, 0.3) is 11.3 Å². The van der Waals surface area contributed by atoms with E-state index in [0.717, 1.165) is 12.1 Å². The highest BCUT2D eigenvalue weighted by Gasteiger charge is 2.13. The first-order chi connectivity index (χ1) is 11.0. The van der Waals surface area contributed by atoms with Crippen LogP contribution in [0.1, 0.15) is 37.5 Å².